The molecule has 0 aliphatic carbocycles. The Kier molecular flexibility index (Phi) is 5.19. The van der Waals surface area contributed by atoms with Crippen LogP contribution in [0.5, 0.6) is 0 Å². The first-order valence-corrected chi connectivity index (χ1v) is 7.46. The van der Waals surface area contributed by atoms with Crippen LogP contribution in [0.4, 0.5) is 0 Å². The highest BCUT2D eigenvalue weighted by Crippen LogP contribution is 2.12. The molecule has 2 saturated heterocycles. The highest BCUT2D eigenvalue weighted by Gasteiger charge is 2.26. The number of amides is 2. The van der Waals surface area contributed by atoms with Crippen LogP contribution in [0.15, 0.2) is 0 Å². The summed E-state index contributed by atoms with van der Waals surface area (Å²) < 4.78 is 0. The Bertz CT molecular complexity index is 333. The largest absolute Gasteiger partial charge is 0.336 e. The summed E-state index contributed by atoms with van der Waals surface area (Å²) in [5, 5.41) is 3.28. The van der Waals surface area contributed by atoms with Crippen molar-refractivity contribution in [2.75, 3.05) is 32.7 Å². The fraction of sp³-hybridized carbons (Fsp3) is 0.857. The van der Waals surface area contributed by atoms with Crippen LogP contribution in [0, 0.1) is 0 Å². The number of likely N-dealkylation sites (tertiary alicyclic amines) is 1. The second-order valence-electron chi connectivity index (χ2n) is 5.62. The summed E-state index contributed by atoms with van der Waals surface area (Å²) in [6, 6.07) is 0.228. The van der Waals surface area contributed by atoms with Crippen LogP contribution < -0.4 is 5.32 Å². The second kappa shape index (κ2) is 6.89. The quantitative estimate of drug-likeness (QED) is 0.797. The van der Waals surface area contributed by atoms with Gasteiger partial charge in [-0.05, 0) is 19.8 Å². The van der Waals surface area contributed by atoms with Gasteiger partial charge in [0.15, 0.2) is 0 Å². The van der Waals surface area contributed by atoms with Crippen LogP contribution in [0.25, 0.3) is 0 Å². The summed E-state index contributed by atoms with van der Waals surface area (Å²) in [6.45, 7) is 5.51. The Morgan fingerprint density at radius 3 is 2.84 bits per heavy atom. The monoisotopic (exact) mass is 267 g/mol. The van der Waals surface area contributed by atoms with E-state index in [0.29, 0.717) is 6.42 Å². The van der Waals surface area contributed by atoms with Crippen LogP contribution in [-0.2, 0) is 9.59 Å². The molecule has 1 atom stereocenters. The molecule has 108 valence electrons. The molecule has 2 heterocycles. The van der Waals surface area contributed by atoms with Crippen LogP contribution in [-0.4, -0.2) is 60.4 Å². The third kappa shape index (κ3) is 3.93. The van der Waals surface area contributed by atoms with Gasteiger partial charge >= 0.3 is 0 Å². The fourth-order valence-electron chi connectivity index (χ4n) is 2.85. The van der Waals surface area contributed by atoms with Crippen molar-refractivity contribution in [3.05, 3.63) is 0 Å². The summed E-state index contributed by atoms with van der Waals surface area (Å²) in [6.07, 6.45) is 4.90. The number of hydrogen-bond acceptors (Lipinski definition) is 3. The lowest BCUT2D eigenvalue weighted by Crippen LogP contribution is -2.55. The molecule has 2 fully saturated rings. The van der Waals surface area contributed by atoms with Gasteiger partial charge in [0.05, 0.1) is 6.54 Å². The zero-order valence-electron chi connectivity index (χ0n) is 11.9. The zero-order valence-corrected chi connectivity index (χ0v) is 11.9. The van der Waals surface area contributed by atoms with Crippen molar-refractivity contribution in [2.45, 2.75) is 45.1 Å². The molecule has 5 heteroatoms. The number of nitrogens with zero attached hydrogens (tertiary/aromatic N) is 2. The maximum Gasteiger partial charge on any atom is 0.242 e. The van der Waals surface area contributed by atoms with E-state index in [9.17, 15) is 9.59 Å². The van der Waals surface area contributed by atoms with E-state index in [4.69, 9.17) is 0 Å². The van der Waals surface area contributed by atoms with Crippen molar-refractivity contribution >= 4 is 11.8 Å². The lowest BCUT2D eigenvalue weighted by molar-refractivity contribution is -0.142. The lowest BCUT2D eigenvalue weighted by Gasteiger charge is -2.35. The van der Waals surface area contributed by atoms with Crippen LogP contribution in [0.3, 0.4) is 0 Å². The van der Waals surface area contributed by atoms with Gasteiger partial charge in [0.2, 0.25) is 11.8 Å². The molecule has 0 saturated carbocycles. The Labute approximate surface area is 115 Å². The first kappa shape index (κ1) is 14.3. The highest BCUT2D eigenvalue weighted by molar-refractivity contribution is 5.85. The normalized spacial score (nSPS) is 25.9. The van der Waals surface area contributed by atoms with Gasteiger partial charge in [0.1, 0.15) is 0 Å². The minimum Gasteiger partial charge on any atom is -0.336 e. The van der Waals surface area contributed by atoms with E-state index < -0.39 is 0 Å². The Hall–Kier alpha value is -1.10. The van der Waals surface area contributed by atoms with Crippen LogP contribution in [0.1, 0.15) is 39.0 Å². The molecule has 2 amide bonds. The van der Waals surface area contributed by atoms with Crippen LogP contribution >= 0.6 is 0 Å². The topological polar surface area (TPSA) is 52.7 Å². The number of carbonyl (C=O) groups is 2. The van der Waals surface area contributed by atoms with E-state index in [0.717, 1.165) is 45.4 Å². The minimum absolute atomic E-state index is 0.0999. The van der Waals surface area contributed by atoms with Gasteiger partial charge in [-0.15, -0.1) is 0 Å². The van der Waals surface area contributed by atoms with E-state index >= 15 is 0 Å². The predicted octanol–water partition coefficient (Wildman–Crippen LogP) is 0.599. The minimum atomic E-state index is 0.0999. The third-order valence-corrected chi connectivity index (χ3v) is 4.07. The number of nitrogens with one attached hydrogen (secondary N) is 1. The van der Waals surface area contributed by atoms with Crippen LogP contribution in [0.2, 0.25) is 0 Å². The van der Waals surface area contributed by atoms with Crippen molar-refractivity contribution in [1.29, 1.82) is 0 Å². The number of hydrogen-bond donors (Lipinski definition) is 1. The van der Waals surface area contributed by atoms with E-state index in [1.54, 1.807) is 4.90 Å². The second-order valence-corrected chi connectivity index (χ2v) is 5.62. The fourth-order valence-corrected chi connectivity index (χ4v) is 2.85. The summed E-state index contributed by atoms with van der Waals surface area (Å²) in [5.74, 6) is 0.249. The number of carbonyl (C=O) groups excluding carboxylic acids is 2. The van der Waals surface area contributed by atoms with E-state index in [1.807, 2.05) is 4.90 Å². The average molecular weight is 267 g/mol. The number of piperazine rings is 1. The molecular weight excluding hydrogens is 242 g/mol. The summed E-state index contributed by atoms with van der Waals surface area (Å²) >= 11 is 0. The highest BCUT2D eigenvalue weighted by atomic mass is 16.2. The van der Waals surface area contributed by atoms with Gasteiger partial charge in [-0.1, -0.05) is 12.8 Å². The van der Waals surface area contributed by atoms with Crippen molar-refractivity contribution in [1.82, 2.24) is 15.1 Å². The molecule has 2 aliphatic rings. The molecular formula is C14H25N3O2. The van der Waals surface area contributed by atoms with Gasteiger partial charge in [-0.2, -0.15) is 0 Å². The molecule has 0 bridgehead atoms. The van der Waals surface area contributed by atoms with Crippen molar-refractivity contribution < 1.29 is 9.59 Å². The molecule has 5 nitrogen and oxygen atoms in total. The molecule has 0 aromatic heterocycles. The first-order chi connectivity index (χ1) is 9.18. The molecule has 2 aliphatic heterocycles. The van der Waals surface area contributed by atoms with E-state index in [-0.39, 0.29) is 24.4 Å². The van der Waals surface area contributed by atoms with Gasteiger partial charge in [-0.25, -0.2) is 0 Å². The number of rotatable bonds is 2. The summed E-state index contributed by atoms with van der Waals surface area (Å²) in [4.78, 5) is 28.0. The predicted molar refractivity (Wildman–Crippen MR) is 73.7 cm³/mol. The lowest BCUT2D eigenvalue weighted by atomic mass is 10.1. The molecule has 2 rings (SSSR count). The maximum atomic E-state index is 12.3. The van der Waals surface area contributed by atoms with Crippen molar-refractivity contribution in [3.63, 3.8) is 0 Å². The molecule has 0 spiro atoms. The third-order valence-electron chi connectivity index (χ3n) is 4.07. The molecule has 0 aromatic rings. The Balaban J connectivity index is 1.90. The standard InChI is InChI=1S/C14H25N3O2/c1-12-10-15-7-9-17(12)14(19)11-16-8-5-3-2-4-6-13(16)18/h12,15H,2-11H2,1H3/t12-/m1/s1. The molecule has 1 N–H and O–H groups in total. The molecule has 0 unspecified atom stereocenters. The van der Waals surface area contributed by atoms with Gasteiger partial charge in [-0.3, -0.25) is 9.59 Å². The van der Waals surface area contributed by atoms with Gasteiger partial charge in [0.25, 0.3) is 0 Å². The Morgan fingerprint density at radius 1 is 1.26 bits per heavy atom. The average Bonchev–Trinajstić information content (AvgIpc) is 2.39. The van der Waals surface area contributed by atoms with Crippen molar-refractivity contribution in [2.24, 2.45) is 0 Å². The molecule has 0 aromatic carbocycles. The molecule has 0 radical (unpaired) electrons. The van der Waals surface area contributed by atoms with E-state index in [2.05, 4.69) is 12.2 Å². The summed E-state index contributed by atoms with van der Waals surface area (Å²) in [5.41, 5.74) is 0. The van der Waals surface area contributed by atoms with E-state index in [1.165, 1.54) is 6.42 Å². The smallest absolute Gasteiger partial charge is 0.242 e. The summed E-state index contributed by atoms with van der Waals surface area (Å²) in [7, 11) is 0. The SMILES string of the molecule is C[C@@H]1CNCCN1C(=O)CN1CCCCCCC1=O. The van der Waals surface area contributed by atoms with Gasteiger partial charge in [0, 0.05) is 38.6 Å². The van der Waals surface area contributed by atoms with Crippen molar-refractivity contribution in [3.8, 4) is 0 Å². The zero-order chi connectivity index (χ0) is 13.7. The Morgan fingerprint density at radius 2 is 2.05 bits per heavy atom. The maximum absolute atomic E-state index is 12.3. The van der Waals surface area contributed by atoms with Gasteiger partial charge < -0.3 is 15.1 Å². The molecule has 19 heavy (non-hydrogen) atoms. The first-order valence-electron chi connectivity index (χ1n) is 7.46.